The Kier molecular flexibility index (Phi) is 3.02. The molecule has 1 amide bonds. The van der Waals surface area contributed by atoms with Crippen molar-refractivity contribution in [2.45, 2.75) is 18.9 Å². The van der Waals surface area contributed by atoms with Gasteiger partial charge in [0.15, 0.2) is 0 Å². The monoisotopic (exact) mass is 238 g/mol. The molecule has 4 nitrogen and oxygen atoms in total. The van der Waals surface area contributed by atoms with E-state index in [1.807, 2.05) is 6.92 Å². The molecule has 1 saturated heterocycles. The molecule has 1 unspecified atom stereocenters. The van der Waals surface area contributed by atoms with Gasteiger partial charge in [-0.3, -0.25) is 4.90 Å². The lowest BCUT2D eigenvalue weighted by Crippen LogP contribution is -2.33. The first-order valence-corrected chi connectivity index (χ1v) is 5.50. The summed E-state index contributed by atoms with van der Waals surface area (Å²) in [6.07, 6.45) is 0.136. The van der Waals surface area contributed by atoms with Crippen molar-refractivity contribution in [1.29, 1.82) is 0 Å². The van der Waals surface area contributed by atoms with E-state index in [9.17, 15) is 9.18 Å². The Hall–Kier alpha value is -1.62. The molecule has 0 aliphatic carbocycles. The number of anilines is 1. The van der Waals surface area contributed by atoms with Crippen LogP contribution in [0.15, 0.2) is 24.3 Å². The van der Waals surface area contributed by atoms with Gasteiger partial charge >= 0.3 is 6.09 Å². The van der Waals surface area contributed by atoms with E-state index in [0.717, 1.165) is 0 Å². The highest BCUT2D eigenvalue weighted by Gasteiger charge is 2.41. The molecule has 0 bridgehead atoms. The molecule has 92 valence electrons. The van der Waals surface area contributed by atoms with Gasteiger partial charge in [0.05, 0.1) is 12.2 Å². The smallest absolute Gasteiger partial charge is 0.415 e. The Balaban J connectivity index is 2.21. The van der Waals surface area contributed by atoms with Gasteiger partial charge in [-0.05, 0) is 31.7 Å². The van der Waals surface area contributed by atoms with Crippen LogP contribution in [-0.4, -0.2) is 24.8 Å². The zero-order valence-corrected chi connectivity index (χ0v) is 9.65. The number of hydrogen-bond acceptors (Lipinski definition) is 3. The van der Waals surface area contributed by atoms with Gasteiger partial charge in [-0.15, -0.1) is 0 Å². The molecule has 0 spiro atoms. The number of nitrogens with zero attached hydrogens (tertiary/aromatic N) is 1. The Labute approximate surface area is 99.2 Å². The third-order valence-corrected chi connectivity index (χ3v) is 2.84. The average molecular weight is 238 g/mol. The summed E-state index contributed by atoms with van der Waals surface area (Å²) >= 11 is 0. The first-order valence-electron chi connectivity index (χ1n) is 5.50. The van der Waals surface area contributed by atoms with Crippen LogP contribution in [0.5, 0.6) is 0 Å². The zero-order chi connectivity index (χ0) is 12.5. The van der Waals surface area contributed by atoms with Crippen molar-refractivity contribution in [3.05, 3.63) is 30.1 Å². The van der Waals surface area contributed by atoms with Crippen LogP contribution in [0.1, 0.15) is 13.3 Å². The quantitative estimate of drug-likeness (QED) is 0.874. The molecule has 0 saturated carbocycles. The van der Waals surface area contributed by atoms with E-state index in [1.165, 1.54) is 17.0 Å². The molecule has 1 aromatic rings. The molecule has 1 aliphatic heterocycles. The van der Waals surface area contributed by atoms with Crippen LogP contribution < -0.4 is 10.6 Å². The highest BCUT2D eigenvalue weighted by atomic mass is 19.1. The number of carbonyl (C=O) groups is 1. The highest BCUT2D eigenvalue weighted by molar-refractivity contribution is 5.90. The topological polar surface area (TPSA) is 55.6 Å². The number of nitrogens with two attached hydrogens (primary N) is 1. The largest absolute Gasteiger partial charge is 0.441 e. The molecule has 1 fully saturated rings. The van der Waals surface area contributed by atoms with Crippen molar-refractivity contribution in [2.75, 3.05) is 18.0 Å². The number of hydrogen-bond donors (Lipinski definition) is 1. The molecule has 2 rings (SSSR count). The number of amides is 1. The Morgan fingerprint density at radius 3 is 3.00 bits per heavy atom. The van der Waals surface area contributed by atoms with Gasteiger partial charge in [0.1, 0.15) is 11.4 Å². The third kappa shape index (κ3) is 2.39. The minimum absolute atomic E-state index is 0.372. The fraction of sp³-hybridized carbons (Fsp3) is 0.417. The Morgan fingerprint density at radius 1 is 1.59 bits per heavy atom. The number of benzene rings is 1. The van der Waals surface area contributed by atoms with Crippen molar-refractivity contribution in [2.24, 2.45) is 5.73 Å². The molecule has 1 aromatic carbocycles. The third-order valence-electron chi connectivity index (χ3n) is 2.84. The van der Waals surface area contributed by atoms with Gasteiger partial charge in [-0.25, -0.2) is 9.18 Å². The predicted molar refractivity (Wildman–Crippen MR) is 62.3 cm³/mol. The first kappa shape index (κ1) is 11.9. The fourth-order valence-corrected chi connectivity index (χ4v) is 1.97. The minimum atomic E-state index is -0.585. The van der Waals surface area contributed by atoms with Crippen LogP contribution in [-0.2, 0) is 4.74 Å². The van der Waals surface area contributed by atoms with Crippen molar-refractivity contribution in [3.63, 3.8) is 0 Å². The summed E-state index contributed by atoms with van der Waals surface area (Å²) < 4.78 is 18.4. The van der Waals surface area contributed by atoms with Crippen molar-refractivity contribution in [1.82, 2.24) is 0 Å². The molecular weight excluding hydrogens is 223 g/mol. The summed E-state index contributed by atoms with van der Waals surface area (Å²) in [5.74, 6) is -0.372. The fourth-order valence-electron chi connectivity index (χ4n) is 1.97. The van der Waals surface area contributed by atoms with Gasteiger partial charge in [-0.2, -0.15) is 0 Å². The van der Waals surface area contributed by atoms with Gasteiger partial charge in [0.2, 0.25) is 0 Å². The van der Waals surface area contributed by atoms with E-state index in [4.69, 9.17) is 10.5 Å². The molecule has 5 heteroatoms. The molecule has 0 radical (unpaired) electrons. The van der Waals surface area contributed by atoms with Crippen molar-refractivity contribution < 1.29 is 13.9 Å². The molecule has 17 heavy (non-hydrogen) atoms. The second kappa shape index (κ2) is 4.33. The lowest BCUT2D eigenvalue weighted by Gasteiger charge is -2.20. The molecule has 1 atom stereocenters. The van der Waals surface area contributed by atoms with Crippen LogP contribution in [0, 0.1) is 5.82 Å². The SMILES string of the molecule is CC1(CCN)CN(c2cccc(F)c2)C(=O)O1. The van der Waals surface area contributed by atoms with E-state index in [2.05, 4.69) is 0 Å². The van der Waals surface area contributed by atoms with Crippen LogP contribution >= 0.6 is 0 Å². The maximum atomic E-state index is 13.1. The summed E-state index contributed by atoms with van der Waals surface area (Å²) in [4.78, 5) is 13.1. The second-order valence-corrected chi connectivity index (χ2v) is 4.42. The summed E-state index contributed by atoms with van der Waals surface area (Å²) in [6.45, 7) is 2.67. The van der Waals surface area contributed by atoms with Crippen LogP contribution in [0.25, 0.3) is 0 Å². The van der Waals surface area contributed by atoms with E-state index in [0.29, 0.717) is 25.2 Å². The van der Waals surface area contributed by atoms with Gasteiger partial charge in [-0.1, -0.05) is 6.07 Å². The number of ether oxygens (including phenoxy) is 1. The van der Waals surface area contributed by atoms with E-state index >= 15 is 0 Å². The summed E-state index contributed by atoms with van der Waals surface area (Å²) in [5.41, 5.74) is 5.40. The van der Waals surface area contributed by atoms with E-state index in [-0.39, 0.29) is 5.82 Å². The Bertz CT molecular complexity index is 438. The molecular formula is C12H15FN2O2. The number of halogens is 1. The molecule has 1 aliphatic rings. The van der Waals surface area contributed by atoms with Crippen molar-refractivity contribution >= 4 is 11.8 Å². The maximum absolute atomic E-state index is 13.1. The number of carbonyl (C=O) groups excluding carboxylic acids is 1. The Morgan fingerprint density at radius 2 is 2.35 bits per heavy atom. The second-order valence-electron chi connectivity index (χ2n) is 4.42. The van der Waals surface area contributed by atoms with Crippen molar-refractivity contribution in [3.8, 4) is 0 Å². The number of rotatable bonds is 3. The van der Waals surface area contributed by atoms with Crippen LogP contribution in [0.4, 0.5) is 14.9 Å². The highest BCUT2D eigenvalue weighted by Crippen LogP contribution is 2.29. The van der Waals surface area contributed by atoms with Gasteiger partial charge in [0, 0.05) is 6.42 Å². The summed E-state index contributed by atoms with van der Waals surface area (Å²) in [6, 6.07) is 5.90. The van der Waals surface area contributed by atoms with Crippen LogP contribution in [0.2, 0.25) is 0 Å². The van der Waals surface area contributed by atoms with E-state index in [1.54, 1.807) is 12.1 Å². The maximum Gasteiger partial charge on any atom is 0.415 e. The lowest BCUT2D eigenvalue weighted by atomic mass is 10.0. The number of cyclic esters (lactones) is 1. The summed E-state index contributed by atoms with van der Waals surface area (Å²) in [5, 5.41) is 0. The molecule has 1 heterocycles. The molecule has 0 aromatic heterocycles. The predicted octanol–water partition coefficient (Wildman–Crippen LogP) is 1.89. The zero-order valence-electron chi connectivity index (χ0n) is 9.65. The minimum Gasteiger partial charge on any atom is -0.441 e. The van der Waals surface area contributed by atoms with Gasteiger partial charge < -0.3 is 10.5 Å². The average Bonchev–Trinajstić information content (AvgIpc) is 2.55. The van der Waals surface area contributed by atoms with Gasteiger partial charge in [0.25, 0.3) is 0 Å². The first-order chi connectivity index (χ1) is 8.04. The lowest BCUT2D eigenvalue weighted by molar-refractivity contribution is 0.0672. The normalized spacial score (nSPS) is 23.9. The molecule has 2 N–H and O–H groups in total. The van der Waals surface area contributed by atoms with E-state index < -0.39 is 11.7 Å². The van der Waals surface area contributed by atoms with Crippen LogP contribution in [0.3, 0.4) is 0 Å². The summed E-state index contributed by atoms with van der Waals surface area (Å²) in [7, 11) is 0. The standard InChI is InChI=1S/C12H15FN2O2/c1-12(5-6-14)8-15(11(16)17-12)10-4-2-3-9(13)7-10/h2-4,7H,5-6,8,14H2,1H3.